The molecule has 0 aliphatic carbocycles. The minimum absolute atomic E-state index is 0.0112. The Balaban J connectivity index is 1.92. The Kier molecular flexibility index (Phi) is 7.76. The Morgan fingerprint density at radius 3 is 2.63 bits per heavy atom. The average molecular weight is 445 g/mol. The van der Waals surface area contributed by atoms with Crippen molar-refractivity contribution in [1.82, 2.24) is 14.9 Å². The first kappa shape index (κ1) is 22.2. The van der Waals surface area contributed by atoms with Crippen LogP contribution in [0.1, 0.15) is 37.7 Å². The SMILES string of the molecule is CCOc1cc(/C=N\n2c(Cc3ccccc3)nnc2SC)cc(Cl)c1OC(C)C. The van der Waals surface area contributed by atoms with E-state index in [1.165, 1.54) is 11.8 Å². The lowest BCUT2D eigenvalue weighted by atomic mass is 10.1. The third-order valence-electron chi connectivity index (χ3n) is 4.07. The van der Waals surface area contributed by atoms with Crippen molar-refractivity contribution < 1.29 is 9.47 Å². The Morgan fingerprint density at radius 2 is 1.97 bits per heavy atom. The van der Waals surface area contributed by atoms with E-state index in [1.54, 1.807) is 10.9 Å². The molecule has 0 spiro atoms. The summed E-state index contributed by atoms with van der Waals surface area (Å²) < 4.78 is 13.3. The molecule has 8 heteroatoms. The van der Waals surface area contributed by atoms with Crippen molar-refractivity contribution in [3.63, 3.8) is 0 Å². The quantitative estimate of drug-likeness (QED) is 0.330. The summed E-state index contributed by atoms with van der Waals surface area (Å²) in [5.74, 6) is 1.90. The maximum absolute atomic E-state index is 6.47. The molecule has 0 unspecified atom stereocenters. The van der Waals surface area contributed by atoms with E-state index in [4.69, 9.17) is 21.1 Å². The first-order chi connectivity index (χ1) is 14.5. The highest BCUT2D eigenvalue weighted by Gasteiger charge is 2.15. The van der Waals surface area contributed by atoms with E-state index in [1.807, 2.05) is 57.4 Å². The maximum Gasteiger partial charge on any atom is 0.211 e. The van der Waals surface area contributed by atoms with Crippen molar-refractivity contribution in [2.24, 2.45) is 5.10 Å². The van der Waals surface area contributed by atoms with E-state index >= 15 is 0 Å². The molecule has 0 saturated heterocycles. The fourth-order valence-corrected chi connectivity index (χ4v) is 3.54. The summed E-state index contributed by atoms with van der Waals surface area (Å²) in [7, 11) is 0. The third-order valence-corrected chi connectivity index (χ3v) is 4.97. The van der Waals surface area contributed by atoms with Crippen LogP contribution >= 0.6 is 23.4 Å². The summed E-state index contributed by atoms with van der Waals surface area (Å²) in [5, 5.41) is 14.4. The molecule has 0 N–H and O–H groups in total. The largest absolute Gasteiger partial charge is 0.490 e. The van der Waals surface area contributed by atoms with Crippen LogP contribution in [0.5, 0.6) is 11.5 Å². The normalized spacial score (nSPS) is 11.4. The van der Waals surface area contributed by atoms with Gasteiger partial charge in [-0.05, 0) is 50.3 Å². The number of aromatic nitrogens is 3. The minimum Gasteiger partial charge on any atom is -0.490 e. The van der Waals surface area contributed by atoms with Crippen molar-refractivity contribution >= 4 is 29.6 Å². The van der Waals surface area contributed by atoms with Crippen LogP contribution in [0.25, 0.3) is 0 Å². The fraction of sp³-hybridized carbons (Fsp3) is 0.318. The Morgan fingerprint density at radius 1 is 1.20 bits per heavy atom. The maximum atomic E-state index is 6.47. The van der Waals surface area contributed by atoms with Crippen LogP contribution in [-0.2, 0) is 6.42 Å². The molecular weight excluding hydrogens is 420 g/mol. The number of thioether (sulfide) groups is 1. The molecule has 1 heterocycles. The minimum atomic E-state index is -0.0112. The molecule has 1 aromatic heterocycles. The first-order valence-electron chi connectivity index (χ1n) is 9.71. The third kappa shape index (κ3) is 5.55. The lowest BCUT2D eigenvalue weighted by Crippen LogP contribution is -2.08. The lowest BCUT2D eigenvalue weighted by molar-refractivity contribution is 0.224. The molecule has 0 aliphatic heterocycles. The summed E-state index contributed by atoms with van der Waals surface area (Å²) in [5.41, 5.74) is 1.94. The van der Waals surface area contributed by atoms with Crippen LogP contribution in [0.3, 0.4) is 0 Å². The number of rotatable bonds is 9. The van der Waals surface area contributed by atoms with Crippen LogP contribution in [0.15, 0.2) is 52.7 Å². The zero-order valence-electron chi connectivity index (χ0n) is 17.5. The summed E-state index contributed by atoms with van der Waals surface area (Å²) in [6.07, 6.45) is 4.30. The average Bonchev–Trinajstić information content (AvgIpc) is 3.11. The zero-order chi connectivity index (χ0) is 21.5. The van der Waals surface area contributed by atoms with Crippen molar-refractivity contribution in [1.29, 1.82) is 0 Å². The number of hydrogen-bond acceptors (Lipinski definition) is 6. The molecule has 2 aromatic carbocycles. The molecule has 0 aliphatic rings. The molecular formula is C22H25ClN4O2S. The molecule has 3 aromatic rings. The van der Waals surface area contributed by atoms with E-state index in [2.05, 4.69) is 27.4 Å². The Hall–Kier alpha value is -2.51. The number of hydrogen-bond donors (Lipinski definition) is 0. The highest BCUT2D eigenvalue weighted by Crippen LogP contribution is 2.37. The molecule has 0 amide bonds. The standard InChI is InChI=1S/C22H25ClN4O2S/c1-5-28-19-12-17(11-18(23)21(19)29-15(2)3)14-24-27-20(25-26-22(27)30-4)13-16-9-7-6-8-10-16/h6-12,14-15H,5,13H2,1-4H3/b24-14-. The van der Waals surface area contributed by atoms with Crippen LogP contribution in [0.2, 0.25) is 5.02 Å². The zero-order valence-corrected chi connectivity index (χ0v) is 19.1. The van der Waals surface area contributed by atoms with Crippen LogP contribution in [0.4, 0.5) is 0 Å². The van der Waals surface area contributed by atoms with E-state index in [0.29, 0.717) is 34.7 Å². The van der Waals surface area contributed by atoms with Crippen LogP contribution in [-0.4, -0.2) is 40.1 Å². The predicted octanol–water partition coefficient (Wildman–Crippen LogP) is 5.31. The molecule has 30 heavy (non-hydrogen) atoms. The number of nitrogens with zero attached hydrogens (tertiary/aromatic N) is 4. The predicted molar refractivity (Wildman–Crippen MR) is 122 cm³/mol. The van der Waals surface area contributed by atoms with Gasteiger partial charge < -0.3 is 9.47 Å². The second-order valence-corrected chi connectivity index (χ2v) is 7.93. The molecule has 6 nitrogen and oxygen atoms in total. The van der Waals surface area contributed by atoms with Crippen LogP contribution < -0.4 is 9.47 Å². The smallest absolute Gasteiger partial charge is 0.211 e. The molecule has 3 rings (SSSR count). The van der Waals surface area contributed by atoms with Gasteiger partial charge in [0.15, 0.2) is 17.3 Å². The Bertz CT molecular complexity index is 1010. The van der Waals surface area contributed by atoms with E-state index in [9.17, 15) is 0 Å². The molecule has 0 bridgehead atoms. The lowest BCUT2D eigenvalue weighted by Gasteiger charge is -2.16. The number of ether oxygens (including phenoxy) is 2. The van der Waals surface area contributed by atoms with E-state index in [0.717, 1.165) is 17.0 Å². The highest BCUT2D eigenvalue weighted by molar-refractivity contribution is 7.98. The monoisotopic (exact) mass is 444 g/mol. The Labute approximate surface area is 186 Å². The van der Waals surface area contributed by atoms with Gasteiger partial charge in [0.25, 0.3) is 0 Å². The van der Waals surface area contributed by atoms with Gasteiger partial charge in [0.1, 0.15) is 0 Å². The summed E-state index contributed by atoms with van der Waals surface area (Å²) >= 11 is 7.96. The van der Waals surface area contributed by atoms with Gasteiger partial charge in [0, 0.05) is 6.42 Å². The molecule has 0 saturated carbocycles. The van der Waals surface area contributed by atoms with E-state index < -0.39 is 0 Å². The summed E-state index contributed by atoms with van der Waals surface area (Å²) in [6.45, 7) is 6.33. The second-order valence-electron chi connectivity index (χ2n) is 6.75. The summed E-state index contributed by atoms with van der Waals surface area (Å²) in [6, 6.07) is 13.8. The van der Waals surface area contributed by atoms with Gasteiger partial charge in [0.2, 0.25) is 5.16 Å². The van der Waals surface area contributed by atoms with Gasteiger partial charge in [-0.15, -0.1) is 10.2 Å². The van der Waals surface area contributed by atoms with Crippen molar-refractivity contribution in [2.75, 3.05) is 12.9 Å². The van der Waals surface area contributed by atoms with Crippen molar-refractivity contribution in [2.45, 2.75) is 38.5 Å². The molecule has 0 fully saturated rings. The van der Waals surface area contributed by atoms with Gasteiger partial charge in [-0.3, -0.25) is 0 Å². The first-order valence-corrected chi connectivity index (χ1v) is 11.3. The number of benzene rings is 2. The topological polar surface area (TPSA) is 61.5 Å². The van der Waals surface area contributed by atoms with Gasteiger partial charge in [-0.1, -0.05) is 53.7 Å². The van der Waals surface area contributed by atoms with Crippen LogP contribution in [0, 0.1) is 0 Å². The fourth-order valence-electron chi connectivity index (χ4n) is 2.83. The molecule has 0 radical (unpaired) electrons. The van der Waals surface area contributed by atoms with Gasteiger partial charge in [-0.25, -0.2) is 0 Å². The second kappa shape index (κ2) is 10.5. The highest BCUT2D eigenvalue weighted by atomic mass is 35.5. The summed E-state index contributed by atoms with van der Waals surface area (Å²) in [4.78, 5) is 0. The number of halogens is 1. The van der Waals surface area contributed by atoms with Gasteiger partial charge in [0.05, 0.1) is 23.9 Å². The van der Waals surface area contributed by atoms with Crippen molar-refractivity contribution in [3.05, 3.63) is 64.4 Å². The molecule has 0 atom stereocenters. The van der Waals surface area contributed by atoms with Gasteiger partial charge in [-0.2, -0.15) is 9.78 Å². The van der Waals surface area contributed by atoms with Gasteiger partial charge >= 0.3 is 0 Å². The van der Waals surface area contributed by atoms with Crippen molar-refractivity contribution in [3.8, 4) is 11.5 Å². The molecule has 158 valence electrons. The van der Waals surface area contributed by atoms with E-state index in [-0.39, 0.29) is 6.10 Å².